The number of halogens is 1. The molecule has 128 valence electrons. The summed E-state index contributed by atoms with van der Waals surface area (Å²) in [6.07, 6.45) is 1.04. The molecule has 2 rings (SSSR count). The molecule has 1 aromatic heterocycles. The average Bonchev–Trinajstić information content (AvgIpc) is 2.95. The summed E-state index contributed by atoms with van der Waals surface area (Å²) < 4.78 is 35.4. The summed E-state index contributed by atoms with van der Waals surface area (Å²) in [5, 5.41) is 5.38. The molecule has 2 aromatic rings. The van der Waals surface area contributed by atoms with Crippen LogP contribution in [0, 0.1) is 0 Å². The summed E-state index contributed by atoms with van der Waals surface area (Å²) >= 11 is 5.80. The Kier molecular flexibility index (Phi) is 5.42. The van der Waals surface area contributed by atoms with Crippen molar-refractivity contribution in [1.82, 2.24) is 9.88 Å². The van der Waals surface area contributed by atoms with Gasteiger partial charge in [0, 0.05) is 0 Å². The third-order valence-corrected chi connectivity index (χ3v) is 4.48. The van der Waals surface area contributed by atoms with Crippen molar-refractivity contribution in [3.8, 4) is 0 Å². The highest BCUT2D eigenvalue weighted by atomic mass is 35.5. The van der Waals surface area contributed by atoms with Gasteiger partial charge >= 0.3 is 12.0 Å². The van der Waals surface area contributed by atoms with E-state index in [1.807, 2.05) is 0 Å². The Hall–Kier alpha value is -2.59. The van der Waals surface area contributed by atoms with Crippen LogP contribution >= 0.6 is 11.6 Å². The zero-order valence-electron chi connectivity index (χ0n) is 12.3. The van der Waals surface area contributed by atoms with Gasteiger partial charge in [-0.15, -0.1) is 0 Å². The molecular weight excluding hydrogens is 362 g/mol. The number of rotatable bonds is 5. The molecule has 2 amide bonds. The van der Waals surface area contributed by atoms with Crippen molar-refractivity contribution in [2.24, 2.45) is 0 Å². The molecule has 0 aliphatic rings. The van der Waals surface area contributed by atoms with Gasteiger partial charge in [-0.2, -0.15) is 0 Å². The van der Waals surface area contributed by atoms with E-state index < -0.39 is 22.0 Å². The second kappa shape index (κ2) is 7.32. The first-order valence-corrected chi connectivity index (χ1v) is 8.41. The van der Waals surface area contributed by atoms with Crippen molar-refractivity contribution in [1.29, 1.82) is 0 Å². The molecule has 0 saturated carbocycles. The lowest BCUT2D eigenvalue weighted by Gasteiger charge is -2.08. The highest BCUT2D eigenvalue weighted by Gasteiger charge is 2.24. The van der Waals surface area contributed by atoms with E-state index in [9.17, 15) is 18.0 Å². The number of carbonyl (C=O) groups excluding carboxylic acids is 2. The number of aromatic nitrogens is 1. The number of urea groups is 1. The Morgan fingerprint density at radius 1 is 1.33 bits per heavy atom. The van der Waals surface area contributed by atoms with Crippen molar-refractivity contribution >= 4 is 39.5 Å². The van der Waals surface area contributed by atoms with Gasteiger partial charge in [-0.25, -0.2) is 22.7 Å². The van der Waals surface area contributed by atoms with Crippen LogP contribution < -0.4 is 10.0 Å². The van der Waals surface area contributed by atoms with Gasteiger partial charge in [-0.1, -0.05) is 28.9 Å². The smallest absolute Gasteiger partial charge is 0.345 e. The molecule has 0 aliphatic carbocycles. The largest absolute Gasteiger partial charge is 0.462 e. The van der Waals surface area contributed by atoms with Gasteiger partial charge in [0.15, 0.2) is 0 Å². The SMILES string of the molecule is CCOC(=O)c1cnoc1NC(=O)NS(=O)(=O)c1ccccc1Cl. The standard InChI is InChI=1S/C13H12ClN3O6S/c1-2-22-12(18)8-7-15-23-11(8)16-13(19)17-24(20,21)10-6-4-3-5-9(10)14/h3-7H,2H2,1H3,(H2,16,17,19). The second-order valence-electron chi connectivity index (χ2n) is 4.28. The number of nitrogens with zero attached hydrogens (tertiary/aromatic N) is 1. The van der Waals surface area contributed by atoms with Crippen LogP contribution in [-0.2, 0) is 14.8 Å². The van der Waals surface area contributed by atoms with Gasteiger partial charge in [0.1, 0.15) is 10.5 Å². The lowest BCUT2D eigenvalue weighted by atomic mass is 10.3. The fraction of sp³-hybridized carbons (Fsp3) is 0.154. The van der Waals surface area contributed by atoms with Crippen LogP contribution in [0.4, 0.5) is 10.7 Å². The van der Waals surface area contributed by atoms with Crippen molar-refractivity contribution < 1.29 is 27.3 Å². The minimum absolute atomic E-state index is 0.0512. The molecule has 0 saturated heterocycles. The van der Waals surface area contributed by atoms with E-state index in [2.05, 4.69) is 10.5 Å². The first-order valence-electron chi connectivity index (χ1n) is 6.55. The molecule has 0 spiro atoms. The van der Waals surface area contributed by atoms with E-state index in [4.69, 9.17) is 20.9 Å². The predicted molar refractivity (Wildman–Crippen MR) is 83.3 cm³/mol. The summed E-state index contributed by atoms with van der Waals surface area (Å²) in [4.78, 5) is 23.2. The van der Waals surface area contributed by atoms with Gasteiger partial charge in [-0.05, 0) is 19.1 Å². The molecule has 2 N–H and O–H groups in total. The quantitative estimate of drug-likeness (QED) is 0.767. The van der Waals surface area contributed by atoms with E-state index in [0.717, 1.165) is 6.20 Å². The highest BCUT2D eigenvalue weighted by molar-refractivity contribution is 7.90. The maximum absolute atomic E-state index is 12.1. The molecule has 11 heteroatoms. The van der Waals surface area contributed by atoms with Crippen LogP contribution in [0.3, 0.4) is 0 Å². The summed E-state index contributed by atoms with van der Waals surface area (Å²) in [5.74, 6) is -1.12. The minimum atomic E-state index is -4.21. The van der Waals surface area contributed by atoms with E-state index in [-0.39, 0.29) is 28.0 Å². The van der Waals surface area contributed by atoms with E-state index in [1.165, 1.54) is 18.2 Å². The Morgan fingerprint density at radius 3 is 2.71 bits per heavy atom. The number of hydrogen-bond donors (Lipinski definition) is 2. The lowest BCUT2D eigenvalue weighted by molar-refractivity contribution is 0.0527. The fourth-order valence-electron chi connectivity index (χ4n) is 1.65. The van der Waals surface area contributed by atoms with Crippen molar-refractivity contribution in [2.45, 2.75) is 11.8 Å². The van der Waals surface area contributed by atoms with E-state index in [0.29, 0.717) is 0 Å². The molecule has 9 nitrogen and oxygen atoms in total. The van der Waals surface area contributed by atoms with Crippen LogP contribution in [0.5, 0.6) is 0 Å². The summed E-state index contributed by atoms with van der Waals surface area (Å²) in [7, 11) is -4.21. The van der Waals surface area contributed by atoms with Crippen LogP contribution in [0.1, 0.15) is 17.3 Å². The summed E-state index contributed by atoms with van der Waals surface area (Å²) in [6.45, 7) is 1.71. The third kappa shape index (κ3) is 4.03. The van der Waals surface area contributed by atoms with Crippen LogP contribution in [-0.4, -0.2) is 32.2 Å². The van der Waals surface area contributed by atoms with Gasteiger partial charge in [-0.3, -0.25) is 5.32 Å². The minimum Gasteiger partial charge on any atom is -0.462 e. The number of sulfonamides is 1. The van der Waals surface area contributed by atoms with Crippen LogP contribution in [0.2, 0.25) is 5.02 Å². The van der Waals surface area contributed by atoms with Crippen LogP contribution in [0.15, 0.2) is 39.9 Å². The number of carbonyl (C=O) groups is 2. The molecule has 0 radical (unpaired) electrons. The number of esters is 1. The fourth-order valence-corrected chi connectivity index (χ4v) is 3.08. The molecular formula is C13H12ClN3O6S. The van der Waals surface area contributed by atoms with Crippen molar-refractivity contribution in [2.75, 3.05) is 11.9 Å². The zero-order chi connectivity index (χ0) is 17.7. The zero-order valence-corrected chi connectivity index (χ0v) is 13.8. The predicted octanol–water partition coefficient (Wildman–Crippen LogP) is 2.02. The van der Waals surface area contributed by atoms with Crippen molar-refractivity contribution in [3.63, 3.8) is 0 Å². The second-order valence-corrected chi connectivity index (χ2v) is 6.34. The summed E-state index contributed by atoms with van der Waals surface area (Å²) in [6, 6.07) is 4.44. The maximum Gasteiger partial charge on any atom is 0.345 e. The highest BCUT2D eigenvalue weighted by Crippen LogP contribution is 2.20. The monoisotopic (exact) mass is 373 g/mol. The number of ether oxygens (including phenoxy) is 1. The number of amides is 2. The Labute approximate surface area is 142 Å². The molecule has 0 bridgehead atoms. The van der Waals surface area contributed by atoms with Gasteiger partial charge in [0.05, 0.1) is 17.8 Å². The van der Waals surface area contributed by atoms with Gasteiger partial charge in [0.2, 0.25) is 5.88 Å². The Morgan fingerprint density at radius 2 is 2.04 bits per heavy atom. The topological polar surface area (TPSA) is 128 Å². The number of hydrogen-bond acceptors (Lipinski definition) is 7. The normalized spacial score (nSPS) is 10.9. The van der Waals surface area contributed by atoms with Gasteiger partial charge < -0.3 is 9.26 Å². The van der Waals surface area contributed by atoms with Crippen molar-refractivity contribution in [3.05, 3.63) is 41.0 Å². The van der Waals surface area contributed by atoms with Crippen LogP contribution in [0.25, 0.3) is 0 Å². The summed E-state index contributed by atoms with van der Waals surface area (Å²) in [5.41, 5.74) is -0.151. The average molecular weight is 374 g/mol. The molecule has 0 atom stereocenters. The number of benzene rings is 1. The van der Waals surface area contributed by atoms with E-state index >= 15 is 0 Å². The first kappa shape index (κ1) is 17.8. The molecule has 0 unspecified atom stereocenters. The number of anilines is 1. The molecule has 1 aromatic carbocycles. The Balaban J connectivity index is 2.13. The van der Waals surface area contributed by atoms with E-state index in [1.54, 1.807) is 17.7 Å². The molecule has 1 heterocycles. The Bertz CT molecular complexity index is 864. The third-order valence-electron chi connectivity index (χ3n) is 2.65. The molecule has 24 heavy (non-hydrogen) atoms. The molecule has 0 fully saturated rings. The van der Waals surface area contributed by atoms with Gasteiger partial charge in [0.25, 0.3) is 10.0 Å². The molecule has 0 aliphatic heterocycles. The number of nitrogens with one attached hydrogen (secondary N) is 2. The lowest BCUT2D eigenvalue weighted by Crippen LogP contribution is -2.34. The first-order chi connectivity index (χ1) is 11.3. The maximum atomic E-state index is 12.1.